The van der Waals surface area contributed by atoms with Crippen LogP contribution >= 0.6 is 11.8 Å². The molecule has 0 aliphatic rings. The van der Waals surface area contributed by atoms with Gasteiger partial charge in [-0.15, -0.1) is 0 Å². The van der Waals surface area contributed by atoms with Crippen LogP contribution in [0.3, 0.4) is 0 Å². The Bertz CT molecular complexity index is 315. The molecule has 1 aromatic rings. The third kappa shape index (κ3) is 3.57. The molecule has 0 heterocycles. The minimum atomic E-state index is -0.877. The fourth-order valence-corrected chi connectivity index (χ4v) is 1.32. The Balaban J connectivity index is 2.50. The zero-order chi connectivity index (χ0) is 9.68. The highest BCUT2D eigenvalue weighted by molar-refractivity contribution is 8.13. The van der Waals surface area contributed by atoms with Crippen molar-refractivity contribution in [3.63, 3.8) is 0 Å². The van der Waals surface area contributed by atoms with Crippen LogP contribution in [0.2, 0.25) is 0 Å². The Labute approximate surface area is 78.3 Å². The van der Waals surface area contributed by atoms with Crippen molar-refractivity contribution in [2.45, 2.75) is 4.90 Å². The molecule has 1 amide bonds. The smallest absolute Gasteiger partial charge is 0.256 e. The maximum Gasteiger partial charge on any atom is 0.342 e. The molecular weight excluding hydrogens is 192 g/mol. The first kappa shape index (κ1) is 9.53. The number of amides is 1. The predicted molar refractivity (Wildman–Crippen MR) is 47.8 cm³/mol. The number of carbonyl (C=O) groups is 1. The molecule has 0 atom stereocenters. The van der Waals surface area contributed by atoms with Crippen molar-refractivity contribution in [1.29, 1.82) is 0 Å². The topological polar surface area (TPSA) is 72.2 Å². The number of carbonyl (C=O) groups excluding carboxylic acids is 1. The van der Waals surface area contributed by atoms with E-state index in [0.717, 1.165) is 11.8 Å². The fourth-order valence-electron chi connectivity index (χ4n) is 0.693. The first-order valence-electron chi connectivity index (χ1n) is 3.36. The second-order valence-corrected chi connectivity index (χ2v) is 3.12. The highest BCUT2D eigenvalue weighted by Crippen LogP contribution is 2.16. The standard InChI is InChI=1S/C7H6N2O3S/c10-7(8-9(11)12)13-6-4-2-1-3-5-6/h1-5H,(H,8,10). The fraction of sp³-hybridized carbons (Fsp3) is 0. The molecule has 1 aromatic carbocycles. The van der Waals surface area contributed by atoms with Crippen LogP contribution in [0, 0.1) is 10.1 Å². The molecule has 6 heteroatoms. The van der Waals surface area contributed by atoms with Crippen LogP contribution in [0.25, 0.3) is 0 Å². The maximum atomic E-state index is 10.8. The molecule has 1 N–H and O–H groups in total. The lowest BCUT2D eigenvalue weighted by Gasteiger charge is -1.95. The lowest BCUT2D eigenvalue weighted by molar-refractivity contribution is -0.526. The van der Waals surface area contributed by atoms with Gasteiger partial charge in [0.1, 0.15) is 0 Å². The van der Waals surface area contributed by atoms with Crippen LogP contribution in [0.5, 0.6) is 0 Å². The first-order valence-corrected chi connectivity index (χ1v) is 4.18. The van der Waals surface area contributed by atoms with Gasteiger partial charge in [0.05, 0.1) is 0 Å². The summed E-state index contributed by atoms with van der Waals surface area (Å²) in [6.45, 7) is 0. The van der Waals surface area contributed by atoms with Crippen LogP contribution in [0.4, 0.5) is 4.79 Å². The van der Waals surface area contributed by atoms with Crippen molar-refractivity contribution in [1.82, 2.24) is 5.43 Å². The summed E-state index contributed by atoms with van der Waals surface area (Å²) in [6.07, 6.45) is 0. The van der Waals surface area contributed by atoms with Gasteiger partial charge >= 0.3 is 5.24 Å². The maximum absolute atomic E-state index is 10.8. The van der Waals surface area contributed by atoms with E-state index in [0.29, 0.717) is 4.90 Å². The van der Waals surface area contributed by atoms with Crippen molar-refractivity contribution in [2.24, 2.45) is 0 Å². The first-order chi connectivity index (χ1) is 6.18. The summed E-state index contributed by atoms with van der Waals surface area (Å²) in [5.41, 5.74) is 1.54. The molecule has 0 spiro atoms. The Kier molecular flexibility index (Phi) is 3.27. The quantitative estimate of drug-likeness (QED) is 0.445. The molecule has 0 unspecified atom stereocenters. The van der Waals surface area contributed by atoms with Gasteiger partial charge in [0.2, 0.25) is 0 Å². The van der Waals surface area contributed by atoms with Gasteiger partial charge in [-0.1, -0.05) is 23.6 Å². The number of hydrazine groups is 1. The van der Waals surface area contributed by atoms with E-state index >= 15 is 0 Å². The molecule has 0 aromatic heterocycles. The summed E-state index contributed by atoms with van der Waals surface area (Å²) >= 11 is 0.780. The van der Waals surface area contributed by atoms with Gasteiger partial charge in [0.15, 0.2) is 5.03 Å². The number of nitro groups is 1. The highest BCUT2D eigenvalue weighted by atomic mass is 32.2. The SMILES string of the molecule is O=C(N[N+](=O)[O-])Sc1ccccc1. The predicted octanol–water partition coefficient (Wildman–Crippen LogP) is 1.68. The van der Waals surface area contributed by atoms with Gasteiger partial charge in [-0.2, -0.15) is 0 Å². The van der Waals surface area contributed by atoms with Gasteiger partial charge in [0, 0.05) is 4.90 Å². The lowest BCUT2D eigenvalue weighted by Crippen LogP contribution is -2.25. The van der Waals surface area contributed by atoms with E-state index in [9.17, 15) is 14.9 Å². The zero-order valence-electron chi connectivity index (χ0n) is 6.47. The van der Waals surface area contributed by atoms with Gasteiger partial charge in [0.25, 0.3) is 0 Å². The van der Waals surface area contributed by atoms with Crippen molar-refractivity contribution < 1.29 is 9.83 Å². The van der Waals surface area contributed by atoms with Crippen LogP contribution in [0.15, 0.2) is 35.2 Å². The van der Waals surface area contributed by atoms with Crippen LogP contribution in [-0.2, 0) is 0 Å². The molecule has 68 valence electrons. The van der Waals surface area contributed by atoms with E-state index in [-0.39, 0.29) is 0 Å². The number of thioether (sulfide) groups is 1. The van der Waals surface area contributed by atoms with E-state index in [4.69, 9.17) is 0 Å². The van der Waals surface area contributed by atoms with E-state index in [1.54, 1.807) is 30.3 Å². The zero-order valence-corrected chi connectivity index (χ0v) is 7.28. The lowest BCUT2D eigenvalue weighted by atomic mass is 10.4. The van der Waals surface area contributed by atoms with Crippen LogP contribution in [0.1, 0.15) is 0 Å². The van der Waals surface area contributed by atoms with Gasteiger partial charge in [-0.3, -0.25) is 4.79 Å². The molecular formula is C7H6N2O3S. The molecule has 0 aliphatic carbocycles. The van der Waals surface area contributed by atoms with Gasteiger partial charge in [-0.05, 0) is 23.9 Å². The summed E-state index contributed by atoms with van der Waals surface area (Å²) < 4.78 is 0. The van der Waals surface area contributed by atoms with Gasteiger partial charge < -0.3 is 0 Å². The largest absolute Gasteiger partial charge is 0.342 e. The van der Waals surface area contributed by atoms with E-state index < -0.39 is 10.3 Å². The Morgan fingerprint density at radius 3 is 2.54 bits per heavy atom. The molecule has 0 fully saturated rings. The minimum Gasteiger partial charge on any atom is -0.256 e. The average molecular weight is 198 g/mol. The summed E-state index contributed by atoms with van der Waals surface area (Å²) in [4.78, 5) is 21.4. The second-order valence-electron chi connectivity index (χ2n) is 2.07. The molecule has 13 heavy (non-hydrogen) atoms. The number of benzene rings is 1. The summed E-state index contributed by atoms with van der Waals surface area (Å²) in [6, 6.07) is 8.70. The number of nitrogens with zero attached hydrogens (tertiary/aromatic N) is 1. The van der Waals surface area contributed by atoms with E-state index in [1.807, 2.05) is 0 Å². The molecule has 1 rings (SSSR count). The molecule has 5 nitrogen and oxygen atoms in total. The molecule has 0 radical (unpaired) electrons. The Morgan fingerprint density at radius 1 is 1.38 bits per heavy atom. The molecule has 0 bridgehead atoms. The van der Waals surface area contributed by atoms with Crippen molar-refractivity contribution in [2.75, 3.05) is 0 Å². The van der Waals surface area contributed by atoms with Crippen molar-refractivity contribution >= 4 is 17.0 Å². The van der Waals surface area contributed by atoms with Crippen molar-refractivity contribution in [3.05, 3.63) is 40.4 Å². The third-order valence-electron chi connectivity index (χ3n) is 1.14. The van der Waals surface area contributed by atoms with Crippen LogP contribution < -0.4 is 5.43 Å². The Morgan fingerprint density at radius 2 is 2.00 bits per heavy atom. The minimum absolute atomic E-state index is 0.668. The Hall–Kier alpha value is -1.56. The monoisotopic (exact) mass is 198 g/mol. The second kappa shape index (κ2) is 4.46. The summed E-state index contributed by atoms with van der Waals surface area (Å²) in [5, 5.41) is 8.29. The average Bonchev–Trinajstić information content (AvgIpc) is 2.04. The molecule has 0 aliphatic heterocycles. The number of hydrogen-bond donors (Lipinski definition) is 1. The van der Waals surface area contributed by atoms with E-state index in [1.165, 1.54) is 5.43 Å². The molecule has 0 saturated carbocycles. The molecule has 0 saturated heterocycles. The van der Waals surface area contributed by atoms with Gasteiger partial charge in [-0.25, -0.2) is 10.1 Å². The third-order valence-corrected chi connectivity index (χ3v) is 1.92. The number of rotatable bonds is 2. The highest BCUT2D eigenvalue weighted by Gasteiger charge is 2.08. The normalized spacial score (nSPS) is 9.23. The number of hydrogen-bond acceptors (Lipinski definition) is 4. The summed E-state index contributed by atoms with van der Waals surface area (Å²) in [5.74, 6) is 0. The van der Waals surface area contributed by atoms with E-state index in [2.05, 4.69) is 0 Å². The number of nitrogens with one attached hydrogen (secondary N) is 1. The van der Waals surface area contributed by atoms with Crippen molar-refractivity contribution in [3.8, 4) is 0 Å². The summed E-state index contributed by atoms with van der Waals surface area (Å²) in [7, 11) is 0. The van der Waals surface area contributed by atoms with Crippen LogP contribution in [-0.4, -0.2) is 10.3 Å².